The normalized spacial score (nSPS) is 16.1. The lowest BCUT2D eigenvalue weighted by Crippen LogP contribution is -2.11. The van der Waals surface area contributed by atoms with Gasteiger partial charge in [-0.15, -0.1) is 0 Å². The molecule has 0 saturated heterocycles. The highest BCUT2D eigenvalue weighted by Gasteiger charge is 1.89. The minimum atomic E-state index is -0.381. The SMILES string of the molecule is CC(N)=NCC(C)O. The zero-order chi connectivity index (χ0) is 6.57. The lowest BCUT2D eigenvalue weighted by molar-refractivity contribution is 0.204. The van der Waals surface area contributed by atoms with E-state index in [1.54, 1.807) is 13.8 Å². The van der Waals surface area contributed by atoms with Gasteiger partial charge < -0.3 is 10.8 Å². The summed E-state index contributed by atoms with van der Waals surface area (Å²) in [5.74, 6) is 0.519. The molecule has 0 radical (unpaired) electrons. The van der Waals surface area contributed by atoms with E-state index in [-0.39, 0.29) is 6.10 Å². The summed E-state index contributed by atoms with van der Waals surface area (Å²) in [6.45, 7) is 3.77. The Morgan fingerprint density at radius 1 is 1.88 bits per heavy atom. The second-order valence-electron chi connectivity index (χ2n) is 1.83. The quantitative estimate of drug-likeness (QED) is 0.386. The van der Waals surface area contributed by atoms with Crippen molar-refractivity contribution in [1.82, 2.24) is 0 Å². The number of hydrogen-bond acceptors (Lipinski definition) is 2. The maximum absolute atomic E-state index is 8.64. The lowest BCUT2D eigenvalue weighted by atomic mass is 10.4. The molecule has 0 rings (SSSR count). The fourth-order valence-corrected chi connectivity index (χ4v) is 0.276. The maximum Gasteiger partial charge on any atom is 0.0906 e. The Bertz CT molecular complexity index is 84.4. The van der Waals surface area contributed by atoms with E-state index in [2.05, 4.69) is 4.99 Å². The van der Waals surface area contributed by atoms with E-state index in [4.69, 9.17) is 10.8 Å². The van der Waals surface area contributed by atoms with Crippen LogP contribution in [0.5, 0.6) is 0 Å². The van der Waals surface area contributed by atoms with Gasteiger partial charge in [-0.3, -0.25) is 4.99 Å². The van der Waals surface area contributed by atoms with E-state index in [0.29, 0.717) is 12.4 Å². The summed E-state index contributed by atoms with van der Waals surface area (Å²) in [5.41, 5.74) is 5.18. The highest BCUT2D eigenvalue weighted by Crippen LogP contribution is 1.79. The molecule has 0 spiro atoms. The Kier molecular flexibility index (Phi) is 3.19. The summed E-state index contributed by atoms with van der Waals surface area (Å²) < 4.78 is 0. The second-order valence-corrected chi connectivity index (χ2v) is 1.83. The molecule has 1 atom stereocenters. The predicted octanol–water partition coefficient (Wildman–Crippen LogP) is -0.256. The van der Waals surface area contributed by atoms with Crippen molar-refractivity contribution in [2.24, 2.45) is 10.7 Å². The first-order chi connectivity index (χ1) is 3.63. The topological polar surface area (TPSA) is 58.6 Å². The number of hydrogen-bond donors (Lipinski definition) is 2. The molecule has 3 nitrogen and oxygen atoms in total. The molecule has 0 fully saturated rings. The average Bonchev–Trinajstić information content (AvgIpc) is 1.61. The van der Waals surface area contributed by atoms with E-state index < -0.39 is 0 Å². The van der Waals surface area contributed by atoms with Gasteiger partial charge in [-0.2, -0.15) is 0 Å². The predicted molar refractivity (Wildman–Crippen MR) is 33.8 cm³/mol. The summed E-state index contributed by atoms with van der Waals surface area (Å²) in [5, 5.41) is 8.64. The van der Waals surface area contributed by atoms with Gasteiger partial charge >= 0.3 is 0 Å². The van der Waals surface area contributed by atoms with Crippen molar-refractivity contribution in [3.05, 3.63) is 0 Å². The first kappa shape index (κ1) is 7.43. The van der Waals surface area contributed by atoms with Crippen LogP contribution in [0.15, 0.2) is 4.99 Å². The van der Waals surface area contributed by atoms with Gasteiger partial charge in [-0.05, 0) is 13.8 Å². The molecule has 0 aromatic carbocycles. The van der Waals surface area contributed by atoms with E-state index in [1.165, 1.54) is 0 Å². The molecule has 3 N–H and O–H groups in total. The molecule has 48 valence electrons. The largest absolute Gasteiger partial charge is 0.391 e. The molecule has 0 heterocycles. The van der Waals surface area contributed by atoms with Gasteiger partial charge in [0.15, 0.2) is 0 Å². The zero-order valence-corrected chi connectivity index (χ0v) is 5.26. The smallest absolute Gasteiger partial charge is 0.0906 e. The minimum Gasteiger partial charge on any atom is -0.391 e. The van der Waals surface area contributed by atoms with Crippen molar-refractivity contribution in [2.45, 2.75) is 20.0 Å². The summed E-state index contributed by atoms with van der Waals surface area (Å²) >= 11 is 0. The molecule has 0 aliphatic carbocycles. The van der Waals surface area contributed by atoms with E-state index in [9.17, 15) is 0 Å². The fraction of sp³-hybridized carbons (Fsp3) is 0.800. The van der Waals surface area contributed by atoms with Gasteiger partial charge in [0.1, 0.15) is 0 Å². The number of nitrogens with two attached hydrogens (primary N) is 1. The first-order valence-corrected chi connectivity index (χ1v) is 2.57. The van der Waals surface area contributed by atoms with Gasteiger partial charge in [0.25, 0.3) is 0 Å². The maximum atomic E-state index is 8.64. The van der Waals surface area contributed by atoms with Crippen molar-refractivity contribution in [2.75, 3.05) is 6.54 Å². The van der Waals surface area contributed by atoms with Gasteiger partial charge in [0.05, 0.1) is 18.5 Å². The monoisotopic (exact) mass is 116 g/mol. The number of aliphatic hydroxyl groups excluding tert-OH is 1. The average molecular weight is 116 g/mol. The van der Waals surface area contributed by atoms with E-state index in [0.717, 1.165) is 0 Å². The lowest BCUT2D eigenvalue weighted by Gasteiger charge is -1.96. The molecule has 0 aromatic rings. The van der Waals surface area contributed by atoms with Crippen molar-refractivity contribution in [3.63, 3.8) is 0 Å². The molecule has 3 heteroatoms. The molecule has 8 heavy (non-hydrogen) atoms. The summed E-state index contributed by atoms with van der Waals surface area (Å²) in [7, 11) is 0. The van der Waals surface area contributed by atoms with Crippen molar-refractivity contribution in [3.8, 4) is 0 Å². The van der Waals surface area contributed by atoms with Crippen LogP contribution >= 0.6 is 0 Å². The van der Waals surface area contributed by atoms with Crippen molar-refractivity contribution >= 4 is 5.84 Å². The van der Waals surface area contributed by atoms with E-state index in [1.807, 2.05) is 0 Å². The molecule has 1 unspecified atom stereocenters. The molecule has 0 saturated carbocycles. The van der Waals surface area contributed by atoms with Crippen LogP contribution in [0.3, 0.4) is 0 Å². The van der Waals surface area contributed by atoms with Crippen LogP contribution in [0, 0.1) is 0 Å². The Labute approximate surface area is 49.2 Å². The summed E-state index contributed by atoms with van der Waals surface area (Å²) in [4.78, 5) is 3.77. The zero-order valence-electron chi connectivity index (χ0n) is 5.26. The van der Waals surface area contributed by atoms with E-state index >= 15 is 0 Å². The molecule has 0 bridgehead atoms. The number of rotatable bonds is 2. The van der Waals surface area contributed by atoms with Gasteiger partial charge in [0.2, 0.25) is 0 Å². The summed E-state index contributed by atoms with van der Waals surface area (Å²) in [6.07, 6.45) is -0.381. The molecule has 0 aromatic heterocycles. The van der Waals surface area contributed by atoms with Gasteiger partial charge in [-0.25, -0.2) is 0 Å². The third-order valence-electron chi connectivity index (χ3n) is 0.605. The second kappa shape index (κ2) is 3.43. The number of aliphatic hydroxyl groups is 1. The molecular weight excluding hydrogens is 104 g/mol. The molecule has 0 amide bonds. The highest BCUT2D eigenvalue weighted by atomic mass is 16.3. The van der Waals surface area contributed by atoms with Crippen LogP contribution in [0.2, 0.25) is 0 Å². The highest BCUT2D eigenvalue weighted by molar-refractivity contribution is 5.77. The Morgan fingerprint density at radius 2 is 2.38 bits per heavy atom. The molecule has 0 aliphatic heterocycles. The van der Waals surface area contributed by atoms with Crippen LogP contribution in [-0.2, 0) is 0 Å². The third-order valence-corrected chi connectivity index (χ3v) is 0.605. The Balaban J connectivity index is 3.29. The first-order valence-electron chi connectivity index (χ1n) is 2.57. The fourth-order valence-electron chi connectivity index (χ4n) is 0.276. The van der Waals surface area contributed by atoms with Gasteiger partial charge in [-0.1, -0.05) is 0 Å². The number of aliphatic imine (C=N–C) groups is 1. The third kappa shape index (κ3) is 5.43. The van der Waals surface area contributed by atoms with Crippen LogP contribution in [0.1, 0.15) is 13.8 Å². The van der Waals surface area contributed by atoms with Crippen molar-refractivity contribution < 1.29 is 5.11 Å². The van der Waals surface area contributed by atoms with Crippen molar-refractivity contribution in [1.29, 1.82) is 0 Å². The minimum absolute atomic E-state index is 0.381. The number of nitrogens with zero attached hydrogens (tertiary/aromatic N) is 1. The Hall–Kier alpha value is -0.570. The van der Waals surface area contributed by atoms with Crippen LogP contribution < -0.4 is 5.73 Å². The molecular formula is C5H12N2O. The summed E-state index contributed by atoms with van der Waals surface area (Å²) in [6, 6.07) is 0. The van der Waals surface area contributed by atoms with Crippen LogP contribution in [-0.4, -0.2) is 23.6 Å². The standard InChI is InChI=1S/C5H12N2O/c1-4(8)3-7-5(2)6/h4,8H,3H2,1-2H3,(H2,6,7). The molecule has 0 aliphatic rings. The van der Waals surface area contributed by atoms with Gasteiger partial charge in [0, 0.05) is 0 Å². The van der Waals surface area contributed by atoms with Crippen LogP contribution in [0.25, 0.3) is 0 Å². The Morgan fingerprint density at radius 3 is 2.50 bits per heavy atom. The van der Waals surface area contributed by atoms with Crippen LogP contribution in [0.4, 0.5) is 0 Å². The number of amidine groups is 1.